The van der Waals surface area contributed by atoms with Gasteiger partial charge in [0.2, 0.25) is 0 Å². The fraction of sp³-hybridized carbons (Fsp3) is 0.500. The molecule has 0 spiro atoms. The van der Waals surface area contributed by atoms with E-state index in [-0.39, 0.29) is 131 Å². The molecule has 0 fully saturated rings. The van der Waals surface area contributed by atoms with Crippen LogP contribution in [0, 0.1) is 0 Å². The molecule has 0 rings (SSSR count). The number of carbonyl (C=O) groups excluding carboxylic acids is 3. The van der Waals surface area contributed by atoms with Crippen molar-refractivity contribution in [3.05, 3.63) is 0 Å². The van der Waals surface area contributed by atoms with Crippen molar-refractivity contribution >= 4 is 42.1 Å². The average Bonchev–Trinajstić information content (AvgIpc) is 2.19. The van der Waals surface area contributed by atoms with Crippen LogP contribution in [0.2, 0.25) is 0 Å². The smallest absolute Gasteiger partial charge is 0.697 e. The summed E-state index contributed by atoms with van der Waals surface area (Å²) in [6.45, 7) is 4.27. The van der Waals surface area contributed by atoms with Crippen LogP contribution in [0.5, 0.6) is 0 Å². The minimum atomic E-state index is -0.137. The van der Waals surface area contributed by atoms with Crippen molar-refractivity contribution in [2.75, 3.05) is 0 Å². The molecule has 0 aromatic heterocycles. The number of carbonyl (C=O) groups is 3. The van der Waals surface area contributed by atoms with Gasteiger partial charge in [-0.05, 0) is 0 Å². The van der Waals surface area contributed by atoms with Crippen LogP contribution in [-0.4, -0.2) is 42.1 Å². The van der Waals surface area contributed by atoms with E-state index in [1.807, 2.05) is 0 Å². The molecule has 0 aliphatic carbocycles. The Bertz CT molecular complexity index is 174. The third-order valence-corrected chi connectivity index (χ3v) is 0. The molecule has 0 saturated carbocycles. The second-order valence-electron chi connectivity index (χ2n) is 1.47. The van der Waals surface area contributed by atoms with E-state index in [4.69, 9.17) is 0 Å². The summed E-state index contributed by atoms with van der Waals surface area (Å²) in [6.07, 6.45) is 0. The Kier molecular flexibility index (Phi) is 63.5. The van der Waals surface area contributed by atoms with Gasteiger partial charge in [-0.2, -0.15) is 0 Å². The Labute approximate surface area is 177 Å². The molecule has 0 N–H and O–H groups in total. The molecule has 6 nitrogen and oxygen atoms in total. The molecule has 0 aromatic carbocycles. The van der Waals surface area contributed by atoms with Crippen LogP contribution in [0.4, 0.5) is 0 Å². The standard InChI is InChI=1S/3C2H6BO2.3Na/c3*1-2(4)5-3;;;/h3*1,3H3;;;/q3*-1;3*+1. The number of hydrogen-bond acceptors (Lipinski definition) is 6. The largest absolute Gasteiger partial charge is 1.00 e. The molecular formula is C6H18B3Na3O6. The van der Waals surface area contributed by atoms with Crippen molar-refractivity contribution in [2.24, 2.45) is 0 Å². The summed E-state index contributed by atoms with van der Waals surface area (Å²) in [6, 6.07) is 0. The van der Waals surface area contributed by atoms with E-state index >= 15 is 0 Å². The second-order valence-corrected chi connectivity index (χ2v) is 1.47. The molecule has 90 valence electrons. The van der Waals surface area contributed by atoms with Gasteiger partial charge in [-0.1, -0.05) is 0 Å². The fourth-order valence-electron chi connectivity index (χ4n) is 0. The molecule has 0 amide bonds. The zero-order valence-electron chi connectivity index (χ0n) is 9.95. The summed E-state index contributed by atoms with van der Waals surface area (Å²) in [5.74, 6) is -0.403. The first-order chi connectivity index (χ1) is 6.81. The normalized spacial score (nSPS) is 5.67. The molecule has 0 saturated heterocycles. The molecule has 18 heavy (non-hydrogen) atoms. The molecule has 0 radical (unpaired) electrons. The van der Waals surface area contributed by atoms with Crippen molar-refractivity contribution in [3.8, 4) is 0 Å². The van der Waals surface area contributed by atoms with Crippen molar-refractivity contribution in [3.63, 3.8) is 0 Å². The summed E-state index contributed by atoms with van der Waals surface area (Å²) in [4.78, 5) is 29.0. The van der Waals surface area contributed by atoms with Gasteiger partial charge in [0.15, 0.2) is 0 Å². The zero-order valence-corrected chi connectivity index (χ0v) is 15.9. The fourth-order valence-corrected chi connectivity index (χ4v) is 0. The van der Waals surface area contributed by atoms with Crippen molar-refractivity contribution in [1.82, 2.24) is 0 Å². The van der Waals surface area contributed by atoms with Gasteiger partial charge >= 0.3 is 88.7 Å². The monoisotopic (exact) mass is 288 g/mol. The molecular weight excluding hydrogens is 269 g/mol. The molecule has 0 aromatic rings. The minimum Gasteiger partial charge on any atom is -0.697 e. The molecule has 12 heteroatoms. The van der Waals surface area contributed by atoms with E-state index in [0.29, 0.717) is 0 Å². The summed E-state index contributed by atoms with van der Waals surface area (Å²) >= 11 is 0. The van der Waals surface area contributed by atoms with Gasteiger partial charge in [-0.3, -0.25) is 14.4 Å². The molecule has 0 aliphatic rings. The van der Waals surface area contributed by atoms with Crippen LogP contribution >= 0.6 is 0 Å². The Morgan fingerprint density at radius 2 is 0.667 bits per heavy atom. The van der Waals surface area contributed by atoms with Gasteiger partial charge in [-0.15, -0.1) is 0 Å². The Morgan fingerprint density at radius 3 is 0.667 bits per heavy atom. The Balaban J connectivity index is -0.0000000277. The maximum atomic E-state index is 9.65. The van der Waals surface area contributed by atoms with Crippen molar-refractivity contribution in [2.45, 2.75) is 20.8 Å². The van der Waals surface area contributed by atoms with Crippen LogP contribution < -0.4 is 88.7 Å². The van der Waals surface area contributed by atoms with Crippen LogP contribution in [-0.2, 0) is 28.3 Å². The predicted octanol–water partition coefficient (Wildman–Crippen LogP) is -12.5. The average molecular weight is 288 g/mol. The van der Waals surface area contributed by atoms with E-state index < -0.39 is 0 Å². The first-order valence-corrected chi connectivity index (χ1v) is 2.72. The summed E-state index contributed by atoms with van der Waals surface area (Å²) in [7, 11) is -0.410. The van der Waals surface area contributed by atoms with Crippen LogP contribution in [0.15, 0.2) is 0 Å². The van der Waals surface area contributed by atoms with Crippen LogP contribution in [0.25, 0.3) is 0 Å². The quantitative estimate of drug-likeness (QED) is 0.412. The SMILES string of the molecule is [BH3-]OC(C)=O.[BH3-]OC(C)=O.[BH3-]OC(C)=O.[Na+].[Na+].[Na+]. The van der Waals surface area contributed by atoms with Gasteiger partial charge in [0.25, 0.3) is 17.9 Å². The molecule has 0 unspecified atom stereocenters. The topological polar surface area (TPSA) is 78.9 Å². The van der Waals surface area contributed by atoms with Gasteiger partial charge in [0.1, 0.15) is 24.1 Å². The summed E-state index contributed by atoms with van der Waals surface area (Å²) in [5.41, 5.74) is 0. The first kappa shape index (κ1) is 36.7. The van der Waals surface area contributed by atoms with Crippen molar-refractivity contribution < 1.29 is 117 Å². The first-order valence-electron chi connectivity index (χ1n) is 2.72. The van der Waals surface area contributed by atoms with E-state index in [9.17, 15) is 14.4 Å². The maximum Gasteiger partial charge on any atom is 1.00 e. The van der Waals surface area contributed by atoms with E-state index in [0.717, 1.165) is 0 Å². The Morgan fingerprint density at radius 1 is 0.611 bits per heavy atom. The van der Waals surface area contributed by atoms with Crippen LogP contribution in [0.3, 0.4) is 0 Å². The zero-order chi connectivity index (χ0) is 12.9. The minimum absolute atomic E-state index is 0. The third-order valence-electron chi connectivity index (χ3n) is 0. The van der Waals surface area contributed by atoms with E-state index in [1.54, 1.807) is 0 Å². The maximum absolute atomic E-state index is 9.65. The van der Waals surface area contributed by atoms with Crippen LogP contribution in [0.1, 0.15) is 20.8 Å². The third kappa shape index (κ3) is 83.9. The molecule has 0 heterocycles. The molecule has 0 atom stereocenters. The van der Waals surface area contributed by atoms with Crippen molar-refractivity contribution in [1.29, 1.82) is 0 Å². The predicted molar refractivity (Wildman–Crippen MR) is 65.1 cm³/mol. The van der Waals surface area contributed by atoms with Gasteiger partial charge in [0, 0.05) is 20.8 Å². The van der Waals surface area contributed by atoms with E-state index in [2.05, 4.69) is 14.0 Å². The summed E-state index contributed by atoms with van der Waals surface area (Å²) in [5, 5.41) is 0. The Hall–Kier alpha value is 1.60. The molecule has 0 bridgehead atoms. The van der Waals surface area contributed by atoms with Gasteiger partial charge in [0.05, 0.1) is 0 Å². The number of rotatable bonds is 0. The van der Waals surface area contributed by atoms with E-state index in [1.165, 1.54) is 20.8 Å². The second kappa shape index (κ2) is 31.2. The van der Waals surface area contributed by atoms with Gasteiger partial charge in [-0.25, -0.2) is 0 Å². The van der Waals surface area contributed by atoms with Gasteiger partial charge < -0.3 is 14.0 Å². The molecule has 0 aliphatic heterocycles. The number of hydrogen-bond donors (Lipinski definition) is 0. The summed E-state index contributed by atoms with van der Waals surface area (Å²) < 4.78 is 13.1.